The third-order valence-electron chi connectivity index (χ3n) is 4.81. The van der Waals surface area contributed by atoms with Gasteiger partial charge in [-0.1, -0.05) is 6.92 Å². The summed E-state index contributed by atoms with van der Waals surface area (Å²) < 4.78 is 7.20. The molecule has 7 nitrogen and oxygen atoms in total. The first-order chi connectivity index (χ1) is 12.0. The Balaban J connectivity index is 1.70. The molecular weight excluding hydrogens is 318 g/mol. The molecule has 2 unspecified atom stereocenters. The maximum Gasteiger partial charge on any atom is 0.294 e. The summed E-state index contributed by atoms with van der Waals surface area (Å²) in [7, 11) is 0. The minimum Gasteiger partial charge on any atom is -0.467 e. The van der Waals surface area contributed by atoms with Crippen molar-refractivity contribution in [1.29, 1.82) is 0 Å². The molecule has 0 bridgehead atoms. The molecule has 3 aromatic heterocycles. The van der Waals surface area contributed by atoms with Crippen molar-refractivity contribution in [2.24, 2.45) is 5.92 Å². The van der Waals surface area contributed by atoms with Crippen molar-refractivity contribution >= 4 is 11.7 Å². The summed E-state index contributed by atoms with van der Waals surface area (Å²) in [4.78, 5) is 23.7. The number of piperidine rings is 1. The van der Waals surface area contributed by atoms with Gasteiger partial charge in [0.05, 0.1) is 12.3 Å². The lowest BCUT2D eigenvalue weighted by molar-refractivity contribution is 0.0509. The third-order valence-corrected chi connectivity index (χ3v) is 4.81. The number of amides is 1. The van der Waals surface area contributed by atoms with Gasteiger partial charge < -0.3 is 9.32 Å². The van der Waals surface area contributed by atoms with Crippen LogP contribution in [0.2, 0.25) is 0 Å². The molecular formula is C18H21N5O2. The van der Waals surface area contributed by atoms with Crippen LogP contribution in [0.15, 0.2) is 28.9 Å². The summed E-state index contributed by atoms with van der Waals surface area (Å²) >= 11 is 0. The lowest BCUT2D eigenvalue weighted by Crippen LogP contribution is -2.41. The molecule has 3 aromatic rings. The average molecular weight is 339 g/mol. The van der Waals surface area contributed by atoms with E-state index in [1.165, 1.54) is 0 Å². The Kier molecular flexibility index (Phi) is 3.78. The van der Waals surface area contributed by atoms with Crippen molar-refractivity contribution in [3.05, 3.63) is 47.4 Å². The monoisotopic (exact) mass is 339 g/mol. The minimum atomic E-state index is -0.171. The van der Waals surface area contributed by atoms with Gasteiger partial charge in [-0.15, -0.1) is 5.10 Å². The van der Waals surface area contributed by atoms with E-state index in [2.05, 4.69) is 22.0 Å². The normalized spacial score (nSPS) is 21.0. The number of likely N-dealkylation sites (tertiary alicyclic amines) is 1. The Morgan fingerprint density at radius 2 is 2.16 bits per heavy atom. The fraction of sp³-hybridized carbons (Fsp3) is 0.444. The van der Waals surface area contributed by atoms with E-state index < -0.39 is 0 Å². The number of hydrogen-bond donors (Lipinski definition) is 0. The van der Waals surface area contributed by atoms with Crippen molar-refractivity contribution in [3.63, 3.8) is 0 Å². The van der Waals surface area contributed by atoms with Crippen LogP contribution in [-0.2, 0) is 0 Å². The molecule has 0 saturated carbocycles. The standard InChI is InChI=1S/C18H21N5O2/c1-11-6-7-22(14(9-11)15-5-4-8-25-15)17(24)16-20-18-19-12(2)10-13(3)23(18)21-16/h4-5,8,10-11,14H,6-7,9H2,1-3H3. The maximum absolute atomic E-state index is 13.1. The van der Waals surface area contributed by atoms with Crippen LogP contribution >= 0.6 is 0 Å². The number of carbonyl (C=O) groups excluding carboxylic acids is 1. The molecule has 1 amide bonds. The predicted octanol–water partition coefficient (Wildman–Crippen LogP) is 2.95. The molecule has 1 saturated heterocycles. The van der Waals surface area contributed by atoms with E-state index >= 15 is 0 Å². The highest BCUT2D eigenvalue weighted by Gasteiger charge is 2.35. The van der Waals surface area contributed by atoms with E-state index in [9.17, 15) is 4.79 Å². The van der Waals surface area contributed by atoms with Gasteiger partial charge in [-0.2, -0.15) is 4.98 Å². The zero-order chi connectivity index (χ0) is 17.6. The summed E-state index contributed by atoms with van der Waals surface area (Å²) in [6.45, 7) is 6.71. The molecule has 0 spiro atoms. The van der Waals surface area contributed by atoms with Crippen molar-refractivity contribution in [3.8, 4) is 0 Å². The molecule has 4 heterocycles. The molecule has 7 heteroatoms. The molecule has 25 heavy (non-hydrogen) atoms. The summed E-state index contributed by atoms with van der Waals surface area (Å²) in [5.41, 5.74) is 1.76. The fourth-order valence-corrected chi connectivity index (χ4v) is 3.52. The average Bonchev–Trinajstić information content (AvgIpc) is 3.23. The number of rotatable bonds is 2. The van der Waals surface area contributed by atoms with E-state index in [1.54, 1.807) is 10.8 Å². The highest BCUT2D eigenvalue weighted by atomic mass is 16.3. The van der Waals surface area contributed by atoms with Crippen LogP contribution in [0.4, 0.5) is 0 Å². The van der Waals surface area contributed by atoms with E-state index in [0.717, 1.165) is 30.0 Å². The van der Waals surface area contributed by atoms with Gasteiger partial charge in [-0.3, -0.25) is 4.79 Å². The number of carbonyl (C=O) groups is 1. The predicted molar refractivity (Wildman–Crippen MR) is 91.1 cm³/mol. The lowest BCUT2D eigenvalue weighted by atomic mass is 9.91. The number of nitrogens with zero attached hydrogens (tertiary/aromatic N) is 5. The fourth-order valence-electron chi connectivity index (χ4n) is 3.52. The molecule has 0 N–H and O–H groups in total. The lowest BCUT2D eigenvalue weighted by Gasteiger charge is -2.36. The minimum absolute atomic E-state index is 0.0753. The largest absolute Gasteiger partial charge is 0.467 e. The zero-order valence-electron chi connectivity index (χ0n) is 14.6. The number of aromatic nitrogens is 4. The zero-order valence-corrected chi connectivity index (χ0v) is 14.6. The Bertz CT molecular complexity index is 915. The first-order valence-corrected chi connectivity index (χ1v) is 8.58. The molecule has 4 rings (SSSR count). The van der Waals surface area contributed by atoms with Crippen LogP contribution in [0.1, 0.15) is 53.6 Å². The number of furan rings is 1. The highest BCUT2D eigenvalue weighted by molar-refractivity contribution is 5.91. The van der Waals surface area contributed by atoms with Gasteiger partial charge >= 0.3 is 0 Å². The maximum atomic E-state index is 13.1. The summed E-state index contributed by atoms with van der Waals surface area (Å²) in [5, 5.41) is 4.38. The van der Waals surface area contributed by atoms with Crippen molar-refractivity contribution in [2.75, 3.05) is 6.54 Å². The van der Waals surface area contributed by atoms with Gasteiger partial charge in [-0.05, 0) is 50.8 Å². The quantitative estimate of drug-likeness (QED) is 0.717. The summed E-state index contributed by atoms with van der Waals surface area (Å²) in [5.74, 6) is 1.83. The van der Waals surface area contributed by atoms with Crippen LogP contribution in [-0.4, -0.2) is 36.9 Å². The molecule has 2 atom stereocenters. The van der Waals surface area contributed by atoms with Crippen molar-refractivity contribution in [1.82, 2.24) is 24.5 Å². The number of aryl methyl sites for hydroxylation is 2. The van der Waals surface area contributed by atoms with Gasteiger partial charge in [0.25, 0.3) is 11.7 Å². The van der Waals surface area contributed by atoms with Crippen LogP contribution in [0.3, 0.4) is 0 Å². The first-order valence-electron chi connectivity index (χ1n) is 8.58. The molecule has 1 aliphatic heterocycles. The smallest absolute Gasteiger partial charge is 0.294 e. The van der Waals surface area contributed by atoms with E-state index in [0.29, 0.717) is 18.2 Å². The number of hydrogen-bond acceptors (Lipinski definition) is 5. The SMILES string of the molecule is Cc1cc(C)n2nc(C(=O)N3CCC(C)CC3c3ccco3)nc2n1. The van der Waals surface area contributed by atoms with Crippen molar-refractivity contribution in [2.45, 2.75) is 39.7 Å². The second-order valence-corrected chi connectivity index (χ2v) is 6.85. The van der Waals surface area contributed by atoms with E-state index in [4.69, 9.17) is 4.42 Å². The Morgan fingerprint density at radius 3 is 2.92 bits per heavy atom. The van der Waals surface area contributed by atoms with Crippen LogP contribution in [0.25, 0.3) is 5.78 Å². The van der Waals surface area contributed by atoms with Crippen LogP contribution < -0.4 is 0 Å². The Morgan fingerprint density at radius 1 is 1.32 bits per heavy atom. The van der Waals surface area contributed by atoms with E-state index in [1.807, 2.05) is 36.9 Å². The van der Waals surface area contributed by atoms with Gasteiger partial charge in [0, 0.05) is 17.9 Å². The summed E-state index contributed by atoms with van der Waals surface area (Å²) in [6, 6.07) is 5.63. The molecule has 0 aliphatic carbocycles. The molecule has 0 aromatic carbocycles. The van der Waals surface area contributed by atoms with Gasteiger partial charge in [0.15, 0.2) is 0 Å². The second kappa shape index (κ2) is 5.98. The van der Waals surface area contributed by atoms with Crippen molar-refractivity contribution < 1.29 is 9.21 Å². The summed E-state index contributed by atoms with van der Waals surface area (Å²) in [6.07, 6.45) is 3.49. The van der Waals surface area contributed by atoms with Gasteiger partial charge in [0.2, 0.25) is 5.82 Å². The van der Waals surface area contributed by atoms with Gasteiger partial charge in [-0.25, -0.2) is 9.50 Å². The van der Waals surface area contributed by atoms with E-state index in [-0.39, 0.29) is 17.8 Å². The highest BCUT2D eigenvalue weighted by Crippen LogP contribution is 2.35. The van der Waals surface area contributed by atoms with Crippen LogP contribution in [0.5, 0.6) is 0 Å². The van der Waals surface area contributed by atoms with Gasteiger partial charge in [0.1, 0.15) is 5.76 Å². The Labute approximate surface area is 145 Å². The second-order valence-electron chi connectivity index (χ2n) is 6.85. The first kappa shape index (κ1) is 15.8. The van der Waals surface area contributed by atoms with Crippen LogP contribution in [0, 0.1) is 19.8 Å². The molecule has 0 radical (unpaired) electrons. The topological polar surface area (TPSA) is 76.5 Å². The number of fused-ring (bicyclic) bond motifs is 1. The molecule has 130 valence electrons. The molecule has 1 fully saturated rings. The molecule has 1 aliphatic rings. The Hall–Kier alpha value is -2.70. The third kappa shape index (κ3) is 2.79.